The lowest BCUT2D eigenvalue weighted by atomic mass is 10.1. The molecule has 0 atom stereocenters. The molecule has 1 heterocycles. The molecule has 1 aliphatic heterocycles. The highest BCUT2D eigenvalue weighted by molar-refractivity contribution is 7.89. The molecule has 1 fully saturated rings. The lowest BCUT2D eigenvalue weighted by Gasteiger charge is -2.27. The van der Waals surface area contributed by atoms with Crippen LogP contribution in [0.5, 0.6) is 5.75 Å². The Bertz CT molecular complexity index is 990. The Morgan fingerprint density at radius 1 is 1.21 bits per heavy atom. The second-order valence-electron chi connectivity index (χ2n) is 6.63. The molecule has 2 aromatic rings. The number of carbonyl (C=O) groups excluding carboxylic acids is 1. The number of carbonyl (C=O) groups is 1. The second kappa shape index (κ2) is 8.89. The van der Waals surface area contributed by atoms with E-state index in [-0.39, 0.29) is 35.8 Å². The zero-order valence-corrected chi connectivity index (χ0v) is 17.1. The van der Waals surface area contributed by atoms with Gasteiger partial charge in [-0.3, -0.25) is 4.79 Å². The molecular weight excluding hydrogens is 399 g/mol. The summed E-state index contributed by atoms with van der Waals surface area (Å²) in [5, 5.41) is 0. The van der Waals surface area contributed by atoms with Crippen LogP contribution >= 0.6 is 0 Å². The van der Waals surface area contributed by atoms with Gasteiger partial charge in [-0.1, -0.05) is 18.2 Å². The molecule has 0 bridgehead atoms. The zero-order valence-electron chi connectivity index (χ0n) is 16.3. The minimum atomic E-state index is -3.85. The van der Waals surface area contributed by atoms with E-state index < -0.39 is 21.7 Å². The minimum Gasteiger partial charge on any atom is -0.495 e. The smallest absolute Gasteiger partial charge is 0.253 e. The molecule has 1 saturated heterocycles. The molecule has 2 aromatic carbocycles. The number of sulfonamides is 1. The van der Waals surface area contributed by atoms with Crippen molar-refractivity contribution < 1.29 is 27.1 Å². The highest BCUT2D eigenvalue weighted by Crippen LogP contribution is 2.29. The first kappa shape index (κ1) is 21.2. The molecule has 0 aliphatic carbocycles. The van der Waals surface area contributed by atoms with Gasteiger partial charge >= 0.3 is 0 Å². The molecule has 0 aromatic heterocycles. The van der Waals surface area contributed by atoms with Gasteiger partial charge in [0.15, 0.2) is 0 Å². The van der Waals surface area contributed by atoms with Crippen molar-refractivity contribution in [1.29, 1.82) is 0 Å². The zero-order chi connectivity index (χ0) is 21.0. The Balaban J connectivity index is 1.89. The highest BCUT2D eigenvalue weighted by atomic mass is 32.2. The Labute approximate surface area is 169 Å². The van der Waals surface area contributed by atoms with Gasteiger partial charge in [0.1, 0.15) is 16.5 Å². The van der Waals surface area contributed by atoms with Gasteiger partial charge in [0, 0.05) is 37.8 Å². The molecule has 9 heteroatoms. The number of ether oxygens (including phenoxy) is 2. The molecular formula is C20H23FN2O5S. The van der Waals surface area contributed by atoms with Crippen molar-refractivity contribution in [3.8, 4) is 5.75 Å². The van der Waals surface area contributed by atoms with Crippen molar-refractivity contribution in [3.05, 3.63) is 59.4 Å². The van der Waals surface area contributed by atoms with Crippen LogP contribution in [0, 0.1) is 5.82 Å². The van der Waals surface area contributed by atoms with Gasteiger partial charge in [-0.15, -0.1) is 0 Å². The molecule has 0 radical (unpaired) electrons. The van der Waals surface area contributed by atoms with Gasteiger partial charge in [0.25, 0.3) is 5.91 Å². The van der Waals surface area contributed by atoms with Crippen molar-refractivity contribution in [3.63, 3.8) is 0 Å². The SMILES string of the molecule is COc1ccc(C(=O)N(C)Cc2ccccc2F)cc1S(=O)(=O)N1CCOCC1. The molecule has 1 amide bonds. The van der Waals surface area contributed by atoms with E-state index in [1.54, 1.807) is 18.2 Å². The summed E-state index contributed by atoms with van der Waals surface area (Å²) in [6.07, 6.45) is 0. The van der Waals surface area contributed by atoms with Crippen LogP contribution in [0.15, 0.2) is 47.4 Å². The summed E-state index contributed by atoms with van der Waals surface area (Å²) in [4.78, 5) is 14.1. The fourth-order valence-electron chi connectivity index (χ4n) is 3.11. The van der Waals surface area contributed by atoms with Crippen LogP contribution in [0.4, 0.5) is 4.39 Å². The number of hydrogen-bond donors (Lipinski definition) is 0. The number of hydrogen-bond acceptors (Lipinski definition) is 5. The van der Waals surface area contributed by atoms with Crippen LogP contribution in [0.25, 0.3) is 0 Å². The number of halogens is 1. The Morgan fingerprint density at radius 2 is 1.90 bits per heavy atom. The van der Waals surface area contributed by atoms with Crippen molar-refractivity contribution in [2.24, 2.45) is 0 Å². The fraction of sp³-hybridized carbons (Fsp3) is 0.350. The summed E-state index contributed by atoms with van der Waals surface area (Å²) >= 11 is 0. The maximum absolute atomic E-state index is 13.9. The van der Waals surface area contributed by atoms with Crippen LogP contribution in [0.1, 0.15) is 15.9 Å². The molecule has 29 heavy (non-hydrogen) atoms. The third-order valence-corrected chi connectivity index (χ3v) is 6.63. The minimum absolute atomic E-state index is 0.0586. The largest absolute Gasteiger partial charge is 0.495 e. The van der Waals surface area contributed by atoms with Crippen molar-refractivity contribution in [1.82, 2.24) is 9.21 Å². The lowest BCUT2D eigenvalue weighted by Crippen LogP contribution is -2.40. The molecule has 0 unspecified atom stereocenters. The van der Waals surface area contributed by atoms with E-state index in [4.69, 9.17) is 9.47 Å². The van der Waals surface area contributed by atoms with Crippen molar-refractivity contribution in [2.45, 2.75) is 11.4 Å². The van der Waals surface area contributed by atoms with Gasteiger partial charge < -0.3 is 14.4 Å². The van der Waals surface area contributed by atoms with E-state index in [1.165, 1.54) is 47.6 Å². The summed E-state index contributed by atoms with van der Waals surface area (Å²) in [5.74, 6) is -0.670. The Hall–Kier alpha value is -2.49. The second-order valence-corrected chi connectivity index (χ2v) is 8.54. The van der Waals surface area contributed by atoms with E-state index in [2.05, 4.69) is 0 Å². The number of methoxy groups -OCH3 is 1. The summed E-state index contributed by atoms with van der Waals surface area (Å²) < 4.78 is 51.8. The molecule has 0 saturated carbocycles. The molecule has 0 spiro atoms. The first-order chi connectivity index (χ1) is 13.8. The van der Waals surface area contributed by atoms with Crippen molar-refractivity contribution >= 4 is 15.9 Å². The standard InChI is InChI=1S/C20H23FN2O5S/c1-22(14-16-5-3-4-6-17(16)21)20(24)15-7-8-18(27-2)19(13-15)29(25,26)23-9-11-28-12-10-23/h3-8,13H,9-12,14H2,1-2H3. The quantitative estimate of drug-likeness (QED) is 0.713. The number of amides is 1. The Morgan fingerprint density at radius 3 is 2.55 bits per heavy atom. The first-order valence-corrected chi connectivity index (χ1v) is 10.5. The van der Waals surface area contributed by atoms with E-state index >= 15 is 0 Å². The van der Waals surface area contributed by atoms with Crippen LogP contribution in [0.2, 0.25) is 0 Å². The molecule has 0 N–H and O–H groups in total. The van der Waals surface area contributed by atoms with Crippen LogP contribution in [-0.2, 0) is 21.3 Å². The van der Waals surface area contributed by atoms with Crippen LogP contribution in [0.3, 0.4) is 0 Å². The summed E-state index contributed by atoms with van der Waals surface area (Å²) in [6.45, 7) is 1.15. The third-order valence-electron chi connectivity index (χ3n) is 4.71. The normalized spacial score (nSPS) is 15.1. The summed E-state index contributed by atoms with van der Waals surface area (Å²) in [6, 6.07) is 10.5. The fourth-order valence-corrected chi connectivity index (χ4v) is 4.70. The average Bonchev–Trinajstić information content (AvgIpc) is 2.75. The Kier molecular flexibility index (Phi) is 6.51. The highest BCUT2D eigenvalue weighted by Gasteiger charge is 2.30. The molecule has 7 nitrogen and oxygen atoms in total. The lowest BCUT2D eigenvalue weighted by molar-refractivity contribution is 0.0729. The molecule has 1 aliphatic rings. The van der Waals surface area contributed by atoms with Crippen molar-refractivity contribution in [2.75, 3.05) is 40.5 Å². The average molecular weight is 422 g/mol. The van der Waals surface area contributed by atoms with Crippen LogP contribution < -0.4 is 4.74 Å². The number of rotatable bonds is 6. The van der Waals surface area contributed by atoms with E-state index in [0.717, 1.165) is 0 Å². The first-order valence-electron chi connectivity index (χ1n) is 9.09. The predicted octanol–water partition coefficient (Wildman–Crippen LogP) is 2.13. The van der Waals surface area contributed by atoms with Crippen LogP contribution in [-0.4, -0.2) is 64.0 Å². The predicted molar refractivity (Wildman–Crippen MR) is 105 cm³/mol. The maximum Gasteiger partial charge on any atom is 0.253 e. The number of morpholine rings is 1. The van der Waals surface area contributed by atoms with E-state index in [9.17, 15) is 17.6 Å². The number of nitrogens with zero attached hydrogens (tertiary/aromatic N) is 2. The summed E-state index contributed by atoms with van der Waals surface area (Å²) in [7, 11) is -0.943. The topological polar surface area (TPSA) is 76.2 Å². The maximum atomic E-state index is 13.9. The van der Waals surface area contributed by atoms with E-state index in [1.807, 2.05) is 0 Å². The van der Waals surface area contributed by atoms with Gasteiger partial charge in [0.2, 0.25) is 10.0 Å². The monoisotopic (exact) mass is 422 g/mol. The van der Waals surface area contributed by atoms with Gasteiger partial charge in [0.05, 0.1) is 20.3 Å². The van der Waals surface area contributed by atoms with E-state index in [0.29, 0.717) is 18.8 Å². The third kappa shape index (κ3) is 4.58. The molecule has 3 rings (SSSR count). The number of benzene rings is 2. The summed E-state index contributed by atoms with van der Waals surface area (Å²) in [5.41, 5.74) is 0.550. The van der Waals surface area contributed by atoms with Gasteiger partial charge in [-0.2, -0.15) is 4.31 Å². The van der Waals surface area contributed by atoms with Gasteiger partial charge in [-0.05, 0) is 24.3 Å². The van der Waals surface area contributed by atoms with Gasteiger partial charge in [-0.25, -0.2) is 12.8 Å². The molecule has 156 valence electrons.